The second kappa shape index (κ2) is 5.00. The Morgan fingerprint density at radius 3 is 3.09 bits per heavy atom. The van der Waals surface area contributed by atoms with E-state index in [0.717, 1.165) is 6.42 Å². The minimum atomic E-state index is 0.285. The Morgan fingerprint density at radius 1 is 1.36 bits per heavy atom. The van der Waals surface area contributed by atoms with Gasteiger partial charge >= 0.3 is 0 Å². The van der Waals surface area contributed by atoms with Gasteiger partial charge in [-0.25, -0.2) is 0 Å². The molecule has 0 radical (unpaired) electrons. The van der Waals surface area contributed by atoms with E-state index in [9.17, 15) is 0 Å². The lowest BCUT2D eigenvalue weighted by atomic mass is 10.0. The zero-order chi connectivity index (χ0) is 7.94. The van der Waals surface area contributed by atoms with Crippen molar-refractivity contribution in [3.05, 3.63) is 25.0 Å². The standard InChI is InChI=1S/C10H16O/c1-2-11-10-8-6-4-3-5-7-9-10/h2,6,8,10H,1,3-5,7,9H2/b8-6-. The van der Waals surface area contributed by atoms with Gasteiger partial charge in [-0.2, -0.15) is 0 Å². The molecule has 0 saturated heterocycles. The Labute approximate surface area is 68.8 Å². The molecule has 0 bridgehead atoms. The van der Waals surface area contributed by atoms with Crippen molar-refractivity contribution in [3.63, 3.8) is 0 Å². The van der Waals surface area contributed by atoms with Crippen molar-refractivity contribution in [2.45, 2.75) is 38.2 Å². The third-order valence-corrected chi connectivity index (χ3v) is 1.98. The molecule has 1 unspecified atom stereocenters. The van der Waals surface area contributed by atoms with Crippen molar-refractivity contribution in [1.29, 1.82) is 0 Å². The average molecular weight is 152 g/mol. The lowest BCUT2D eigenvalue weighted by Gasteiger charge is -2.13. The van der Waals surface area contributed by atoms with Gasteiger partial charge in [0.25, 0.3) is 0 Å². The van der Waals surface area contributed by atoms with Crippen LogP contribution in [-0.4, -0.2) is 6.10 Å². The SMILES string of the molecule is C=COC1/C=C\CCCCC1. The second-order valence-electron chi connectivity index (χ2n) is 2.91. The van der Waals surface area contributed by atoms with Gasteiger partial charge in [-0.3, -0.25) is 0 Å². The summed E-state index contributed by atoms with van der Waals surface area (Å²) in [6.07, 6.45) is 12.5. The van der Waals surface area contributed by atoms with Crippen LogP contribution in [0.4, 0.5) is 0 Å². The summed E-state index contributed by atoms with van der Waals surface area (Å²) in [7, 11) is 0. The van der Waals surface area contributed by atoms with Crippen LogP contribution in [-0.2, 0) is 4.74 Å². The number of hydrogen-bond donors (Lipinski definition) is 0. The van der Waals surface area contributed by atoms with Crippen LogP contribution in [0, 0.1) is 0 Å². The molecule has 1 rings (SSSR count). The fourth-order valence-electron chi connectivity index (χ4n) is 1.37. The first kappa shape index (κ1) is 8.38. The predicted octanol–water partition coefficient (Wildman–Crippen LogP) is 3.04. The number of ether oxygens (including phenoxy) is 1. The van der Waals surface area contributed by atoms with Crippen LogP contribution >= 0.6 is 0 Å². The van der Waals surface area contributed by atoms with Gasteiger partial charge in [0.2, 0.25) is 0 Å². The van der Waals surface area contributed by atoms with E-state index in [1.54, 1.807) is 0 Å². The second-order valence-corrected chi connectivity index (χ2v) is 2.91. The molecule has 1 aliphatic rings. The number of rotatable bonds is 2. The topological polar surface area (TPSA) is 9.23 Å². The van der Waals surface area contributed by atoms with Gasteiger partial charge in [-0.1, -0.05) is 19.1 Å². The summed E-state index contributed by atoms with van der Waals surface area (Å²) >= 11 is 0. The fraction of sp³-hybridized carbons (Fsp3) is 0.600. The third-order valence-electron chi connectivity index (χ3n) is 1.98. The molecule has 1 aliphatic carbocycles. The van der Waals surface area contributed by atoms with Crippen molar-refractivity contribution in [1.82, 2.24) is 0 Å². The number of hydrogen-bond acceptors (Lipinski definition) is 1. The van der Waals surface area contributed by atoms with Crippen LogP contribution in [0.15, 0.2) is 25.0 Å². The molecular weight excluding hydrogens is 136 g/mol. The largest absolute Gasteiger partial charge is 0.495 e. The maximum absolute atomic E-state index is 5.30. The summed E-state index contributed by atoms with van der Waals surface area (Å²) < 4.78 is 5.30. The van der Waals surface area contributed by atoms with Crippen molar-refractivity contribution >= 4 is 0 Å². The summed E-state index contributed by atoms with van der Waals surface area (Å²) in [4.78, 5) is 0. The summed E-state index contributed by atoms with van der Waals surface area (Å²) in [5.74, 6) is 0. The Balaban J connectivity index is 2.35. The maximum atomic E-state index is 5.30. The molecule has 0 saturated carbocycles. The molecule has 1 atom stereocenters. The zero-order valence-corrected chi connectivity index (χ0v) is 6.96. The molecule has 11 heavy (non-hydrogen) atoms. The summed E-state index contributed by atoms with van der Waals surface area (Å²) in [6, 6.07) is 0. The predicted molar refractivity (Wildman–Crippen MR) is 47.3 cm³/mol. The molecule has 0 aromatic carbocycles. The Morgan fingerprint density at radius 2 is 2.27 bits per heavy atom. The van der Waals surface area contributed by atoms with Gasteiger partial charge < -0.3 is 4.74 Å². The molecule has 0 fully saturated rings. The van der Waals surface area contributed by atoms with Gasteiger partial charge in [0.15, 0.2) is 0 Å². The molecule has 0 amide bonds. The molecule has 0 aromatic heterocycles. The molecular formula is C10H16O. The van der Waals surface area contributed by atoms with Crippen LogP contribution < -0.4 is 0 Å². The fourth-order valence-corrected chi connectivity index (χ4v) is 1.37. The van der Waals surface area contributed by atoms with Crippen LogP contribution in [0.5, 0.6) is 0 Å². The van der Waals surface area contributed by atoms with E-state index in [0.29, 0.717) is 0 Å². The van der Waals surface area contributed by atoms with E-state index >= 15 is 0 Å². The maximum Gasteiger partial charge on any atom is 0.116 e. The Kier molecular flexibility index (Phi) is 3.81. The van der Waals surface area contributed by atoms with E-state index < -0.39 is 0 Å². The highest BCUT2D eigenvalue weighted by Crippen LogP contribution is 2.13. The van der Waals surface area contributed by atoms with E-state index in [4.69, 9.17) is 4.74 Å². The minimum absolute atomic E-state index is 0.285. The highest BCUT2D eigenvalue weighted by Gasteiger charge is 2.04. The first-order chi connectivity index (χ1) is 5.43. The Hall–Kier alpha value is -0.720. The lowest BCUT2D eigenvalue weighted by molar-refractivity contribution is 0.173. The molecule has 1 heteroatoms. The summed E-state index contributed by atoms with van der Waals surface area (Å²) in [6.45, 7) is 3.55. The van der Waals surface area contributed by atoms with Crippen LogP contribution in [0.1, 0.15) is 32.1 Å². The molecule has 1 nitrogen and oxygen atoms in total. The Bertz CT molecular complexity index is 138. The lowest BCUT2D eigenvalue weighted by Crippen LogP contribution is -2.06. The molecule has 0 aromatic rings. The van der Waals surface area contributed by atoms with Gasteiger partial charge in [0.1, 0.15) is 6.10 Å². The van der Waals surface area contributed by atoms with Gasteiger partial charge in [-0.05, 0) is 31.8 Å². The minimum Gasteiger partial charge on any atom is -0.495 e. The van der Waals surface area contributed by atoms with E-state index in [1.807, 2.05) is 0 Å². The zero-order valence-electron chi connectivity index (χ0n) is 6.96. The molecule has 0 N–H and O–H groups in total. The van der Waals surface area contributed by atoms with E-state index in [-0.39, 0.29) is 6.10 Å². The van der Waals surface area contributed by atoms with Crippen LogP contribution in [0.25, 0.3) is 0 Å². The monoisotopic (exact) mass is 152 g/mol. The van der Waals surface area contributed by atoms with Gasteiger partial charge in [-0.15, -0.1) is 0 Å². The van der Waals surface area contributed by atoms with Crippen LogP contribution in [0.3, 0.4) is 0 Å². The van der Waals surface area contributed by atoms with Crippen molar-refractivity contribution in [3.8, 4) is 0 Å². The van der Waals surface area contributed by atoms with Gasteiger partial charge in [0.05, 0.1) is 6.26 Å². The normalized spacial score (nSPS) is 28.2. The van der Waals surface area contributed by atoms with E-state index in [1.165, 1.54) is 31.9 Å². The third kappa shape index (κ3) is 3.26. The quantitative estimate of drug-likeness (QED) is 0.436. The van der Waals surface area contributed by atoms with Crippen molar-refractivity contribution in [2.24, 2.45) is 0 Å². The highest BCUT2D eigenvalue weighted by molar-refractivity contribution is 4.91. The average Bonchev–Trinajstić information content (AvgIpc) is 1.94. The molecule has 0 spiro atoms. The van der Waals surface area contributed by atoms with Crippen molar-refractivity contribution in [2.75, 3.05) is 0 Å². The first-order valence-corrected chi connectivity index (χ1v) is 4.36. The summed E-state index contributed by atoms with van der Waals surface area (Å²) in [5.41, 5.74) is 0. The summed E-state index contributed by atoms with van der Waals surface area (Å²) in [5, 5.41) is 0. The van der Waals surface area contributed by atoms with Crippen LogP contribution in [0.2, 0.25) is 0 Å². The number of allylic oxidation sites excluding steroid dienone is 1. The highest BCUT2D eigenvalue weighted by atomic mass is 16.5. The molecule has 0 heterocycles. The molecule has 0 aliphatic heterocycles. The van der Waals surface area contributed by atoms with Crippen molar-refractivity contribution < 1.29 is 4.74 Å². The molecule has 62 valence electrons. The first-order valence-electron chi connectivity index (χ1n) is 4.36. The van der Waals surface area contributed by atoms with Gasteiger partial charge in [0, 0.05) is 0 Å². The smallest absolute Gasteiger partial charge is 0.116 e. The van der Waals surface area contributed by atoms with E-state index in [2.05, 4.69) is 18.7 Å².